The van der Waals surface area contributed by atoms with Crippen LogP contribution in [0.25, 0.3) is 0 Å². The fourth-order valence-electron chi connectivity index (χ4n) is 1.11. The Morgan fingerprint density at radius 1 is 1.30 bits per heavy atom. The van der Waals surface area contributed by atoms with Crippen molar-refractivity contribution in [2.75, 3.05) is 32.9 Å². The minimum Gasteiger partial charge on any atom is -0.432 e. The van der Waals surface area contributed by atoms with Gasteiger partial charge in [0.1, 0.15) is 6.10 Å². The number of hydrogen-bond acceptors (Lipinski definition) is 11. The van der Waals surface area contributed by atoms with Gasteiger partial charge in [-0.05, 0) is 13.8 Å². The number of rotatable bonds is 12. The van der Waals surface area contributed by atoms with Gasteiger partial charge in [-0.15, -0.1) is 0 Å². The minimum atomic E-state index is -3.94. The first-order chi connectivity index (χ1) is 10.8. The van der Waals surface area contributed by atoms with E-state index in [1.807, 2.05) is 0 Å². The van der Waals surface area contributed by atoms with Crippen LogP contribution in [0.1, 0.15) is 13.8 Å². The van der Waals surface area contributed by atoms with Crippen molar-refractivity contribution in [2.24, 2.45) is 0 Å². The Balaban J connectivity index is 4.64. The van der Waals surface area contributed by atoms with Crippen LogP contribution in [0.4, 0.5) is 4.79 Å². The SMILES string of the molecule is COC(O)C(CO)OP(=O)(OCCO)SCOC(=O)OC(C)C. The van der Waals surface area contributed by atoms with Crippen molar-refractivity contribution in [3.05, 3.63) is 0 Å². The van der Waals surface area contributed by atoms with Crippen LogP contribution in [-0.2, 0) is 27.8 Å². The Morgan fingerprint density at radius 2 is 1.96 bits per heavy atom. The summed E-state index contributed by atoms with van der Waals surface area (Å²) in [5.41, 5.74) is 0. The molecule has 0 saturated carbocycles. The topological polar surface area (TPSA) is 141 Å². The van der Waals surface area contributed by atoms with Gasteiger partial charge in [-0.1, -0.05) is 0 Å². The molecule has 0 spiro atoms. The van der Waals surface area contributed by atoms with Crippen LogP contribution in [-0.4, -0.2) is 72.8 Å². The summed E-state index contributed by atoms with van der Waals surface area (Å²) in [5.74, 6) is -0.421. The summed E-state index contributed by atoms with van der Waals surface area (Å²) in [5, 5.41) is 27.3. The Kier molecular flexibility index (Phi) is 11.8. The third-order valence-electron chi connectivity index (χ3n) is 2.06. The van der Waals surface area contributed by atoms with Gasteiger partial charge in [-0.3, -0.25) is 9.05 Å². The van der Waals surface area contributed by atoms with Crippen molar-refractivity contribution in [3.63, 3.8) is 0 Å². The van der Waals surface area contributed by atoms with Gasteiger partial charge in [0.15, 0.2) is 12.2 Å². The van der Waals surface area contributed by atoms with E-state index in [0.29, 0.717) is 11.4 Å². The second-order valence-electron chi connectivity index (χ2n) is 4.26. The van der Waals surface area contributed by atoms with E-state index in [2.05, 4.69) is 9.47 Å². The van der Waals surface area contributed by atoms with Crippen molar-refractivity contribution in [1.82, 2.24) is 0 Å². The zero-order chi connectivity index (χ0) is 17.9. The number of methoxy groups -OCH3 is 1. The van der Waals surface area contributed by atoms with Gasteiger partial charge in [0.2, 0.25) is 0 Å². The van der Waals surface area contributed by atoms with E-state index >= 15 is 0 Å². The maximum Gasteiger partial charge on any atom is 0.509 e. The van der Waals surface area contributed by atoms with E-state index in [1.54, 1.807) is 13.8 Å². The third kappa shape index (κ3) is 10.2. The van der Waals surface area contributed by atoms with Crippen molar-refractivity contribution >= 4 is 24.3 Å². The van der Waals surface area contributed by atoms with Crippen molar-refractivity contribution in [1.29, 1.82) is 0 Å². The van der Waals surface area contributed by atoms with Crippen LogP contribution in [0.15, 0.2) is 0 Å². The van der Waals surface area contributed by atoms with E-state index in [-0.39, 0.29) is 12.7 Å². The lowest BCUT2D eigenvalue weighted by Crippen LogP contribution is -2.33. The molecule has 0 heterocycles. The lowest BCUT2D eigenvalue weighted by atomic mass is 10.4. The van der Waals surface area contributed by atoms with Gasteiger partial charge < -0.3 is 29.5 Å². The minimum absolute atomic E-state index is 0.318. The van der Waals surface area contributed by atoms with Crippen LogP contribution in [0.2, 0.25) is 0 Å². The molecule has 0 radical (unpaired) electrons. The molecule has 0 aromatic rings. The highest BCUT2D eigenvalue weighted by Gasteiger charge is 2.34. The molecule has 0 aliphatic rings. The zero-order valence-electron chi connectivity index (χ0n) is 13.1. The highest BCUT2D eigenvalue weighted by atomic mass is 32.7. The summed E-state index contributed by atoms with van der Waals surface area (Å²) in [6.45, 7) is -2.13. The van der Waals surface area contributed by atoms with E-state index in [0.717, 1.165) is 7.11 Å². The predicted octanol–water partition coefficient (Wildman–Crippen LogP) is 0.698. The van der Waals surface area contributed by atoms with Crippen molar-refractivity contribution < 1.29 is 47.9 Å². The molecule has 0 bridgehead atoms. The third-order valence-corrected chi connectivity index (χ3v) is 5.47. The first kappa shape index (κ1) is 22.6. The highest BCUT2D eigenvalue weighted by molar-refractivity contribution is 8.55. The van der Waals surface area contributed by atoms with Crippen LogP contribution in [0.3, 0.4) is 0 Å². The normalized spacial score (nSPS) is 16.7. The van der Waals surface area contributed by atoms with E-state index in [4.69, 9.17) is 24.0 Å². The summed E-state index contributed by atoms with van der Waals surface area (Å²) in [7, 11) is 1.16. The molecule has 3 unspecified atom stereocenters. The molecule has 3 N–H and O–H groups in total. The molecule has 0 saturated heterocycles. The molecular weight excluding hydrogens is 355 g/mol. The first-order valence-electron chi connectivity index (χ1n) is 6.61. The summed E-state index contributed by atoms with van der Waals surface area (Å²) >= 11 is 0.490. The molecule has 0 rings (SSSR count). The number of ether oxygens (including phenoxy) is 3. The zero-order valence-corrected chi connectivity index (χ0v) is 14.8. The van der Waals surface area contributed by atoms with Crippen LogP contribution in [0.5, 0.6) is 0 Å². The molecule has 0 amide bonds. The standard InChI is InChI=1S/C11H23O10PS/c1-8(2)20-11(15)18-7-23-22(16,19-5-4-12)21-9(6-13)10(14)17-3/h8-10,12-14H,4-7H2,1-3H3. The van der Waals surface area contributed by atoms with Crippen molar-refractivity contribution in [3.8, 4) is 0 Å². The number of carbonyl (C=O) groups is 1. The fourth-order valence-corrected chi connectivity index (χ4v) is 3.90. The molecule has 0 aromatic carbocycles. The maximum absolute atomic E-state index is 12.5. The fraction of sp³-hybridized carbons (Fsp3) is 0.909. The highest BCUT2D eigenvalue weighted by Crippen LogP contribution is 2.61. The quantitative estimate of drug-likeness (QED) is 0.251. The molecule has 3 atom stereocenters. The van der Waals surface area contributed by atoms with Gasteiger partial charge in [-0.2, -0.15) is 0 Å². The molecule has 0 aromatic heterocycles. The molecular formula is C11H23O10PS. The van der Waals surface area contributed by atoms with Gasteiger partial charge in [-0.25, -0.2) is 9.36 Å². The summed E-state index contributed by atoms with van der Waals surface area (Å²) in [6, 6.07) is 0. The van der Waals surface area contributed by atoms with Crippen molar-refractivity contribution in [2.45, 2.75) is 32.3 Å². The number of carbonyl (C=O) groups excluding carboxylic acids is 1. The maximum atomic E-state index is 12.5. The van der Waals surface area contributed by atoms with Crippen LogP contribution >= 0.6 is 18.2 Å². The second-order valence-corrected chi connectivity index (χ2v) is 8.24. The molecule has 138 valence electrons. The number of aliphatic hydroxyl groups excluding tert-OH is 3. The summed E-state index contributed by atoms with van der Waals surface area (Å²) in [6.07, 6.45) is -4.23. The molecule has 23 heavy (non-hydrogen) atoms. The van der Waals surface area contributed by atoms with Gasteiger partial charge in [0.25, 0.3) is 0 Å². The summed E-state index contributed by atoms with van der Waals surface area (Å²) < 4.78 is 36.4. The Morgan fingerprint density at radius 3 is 2.43 bits per heavy atom. The lowest BCUT2D eigenvalue weighted by Gasteiger charge is -2.25. The van der Waals surface area contributed by atoms with E-state index in [9.17, 15) is 14.5 Å². The average molecular weight is 378 g/mol. The van der Waals surface area contributed by atoms with Crippen LogP contribution in [0, 0.1) is 0 Å². The predicted molar refractivity (Wildman–Crippen MR) is 80.8 cm³/mol. The smallest absolute Gasteiger partial charge is 0.432 e. The number of hydrogen-bond donors (Lipinski definition) is 3. The second kappa shape index (κ2) is 12.0. The monoisotopic (exact) mass is 378 g/mol. The Bertz CT molecular complexity index is 380. The molecule has 0 aliphatic heterocycles. The lowest BCUT2D eigenvalue weighted by molar-refractivity contribution is -0.147. The largest absolute Gasteiger partial charge is 0.509 e. The van der Waals surface area contributed by atoms with Gasteiger partial charge >= 0.3 is 13.0 Å². The molecule has 0 fully saturated rings. The summed E-state index contributed by atoms with van der Waals surface area (Å²) in [4.78, 5) is 11.2. The van der Waals surface area contributed by atoms with Gasteiger partial charge in [0.05, 0.1) is 25.9 Å². The average Bonchev–Trinajstić information content (AvgIpc) is 2.49. The Hall–Kier alpha value is -0.390. The molecule has 12 heteroatoms. The van der Waals surface area contributed by atoms with Crippen LogP contribution < -0.4 is 0 Å². The molecule has 0 aliphatic carbocycles. The first-order valence-corrected chi connectivity index (χ1v) is 9.74. The van der Waals surface area contributed by atoms with E-state index in [1.165, 1.54) is 0 Å². The van der Waals surface area contributed by atoms with E-state index < -0.39 is 44.5 Å². The molecule has 10 nitrogen and oxygen atoms in total. The Labute approximate surface area is 138 Å². The van der Waals surface area contributed by atoms with Gasteiger partial charge in [0, 0.05) is 18.5 Å². The number of aliphatic hydroxyl groups is 3.